The largest absolute Gasteiger partial charge is 0.0721 e. The lowest BCUT2D eigenvalue weighted by Gasteiger charge is -2.38. The van der Waals surface area contributed by atoms with Gasteiger partial charge in [-0.05, 0) is 16.7 Å². The highest BCUT2D eigenvalue weighted by Gasteiger charge is 2.29. The highest BCUT2D eigenvalue weighted by atomic mass is 14.3. The topological polar surface area (TPSA) is 0 Å². The first-order valence-electron chi connectivity index (χ1n) is 5.33. The summed E-state index contributed by atoms with van der Waals surface area (Å²) in [5, 5.41) is 0. The summed E-state index contributed by atoms with van der Waals surface area (Å²) in [5.41, 5.74) is 0.582. The molecule has 0 aromatic heterocycles. The van der Waals surface area contributed by atoms with Gasteiger partial charge in [0.15, 0.2) is 0 Å². The lowest BCUT2D eigenvalue weighted by Crippen LogP contribution is -2.26. The Bertz CT molecular complexity index is 151. The third-order valence-corrected chi connectivity index (χ3v) is 3.42. The molecular weight excluding hydrogens is 155 g/mol. The number of rotatable bonds is 3. The Balaban J connectivity index is 4.28. The third kappa shape index (κ3) is 4.20. The Hall–Kier alpha value is 0.0649. The van der Waals surface area contributed by atoms with E-state index in [4.69, 9.17) is 7.85 Å². The zero-order valence-electron chi connectivity index (χ0n) is 10.4. The maximum Gasteiger partial charge on any atom is 0.0706 e. The van der Waals surface area contributed by atoms with E-state index in [9.17, 15) is 0 Å². The summed E-state index contributed by atoms with van der Waals surface area (Å²) in [6.45, 7) is 15.8. The van der Waals surface area contributed by atoms with Crippen LogP contribution in [0.4, 0.5) is 0 Å². The van der Waals surface area contributed by atoms with E-state index in [0.717, 1.165) is 6.42 Å². The molecule has 0 nitrogen and oxygen atoms in total. The molecule has 0 bridgehead atoms. The maximum atomic E-state index is 6.17. The van der Waals surface area contributed by atoms with Gasteiger partial charge in [0.25, 0.3) is 0 Å². The average Bonchev–Trinajstić information content (AvgIpc) is 1.83. The van der Waals surface area contributed by atoms with Gasteiger partial charge in [0.05, 0.1) is 7.85 Å². The van der Waals surface area contributed by atoms with Gasteiger partial charge in [-0.15, -0.1) is 0 Å². The van der Waals surface area contributed by atoms with E-state index >= 15 is 0 Å². The van der Waals surface area contributed by atoms with Gasteiger partial charge in [0, 0.05) is 0 Å². The molecule has 0 aromatic rings. The first-order chi connectivity index (χ1) is 5.57. The monoisotopic (exact) mass is 180 g/mol. The van der Waals surface area contributed by atoms with Crippen molar-refractivity contribution in [2.45, 2.75) is 60.7 Å². The van der Waals surface area contributed by atoms with Crippen LogP contribution in [-0.4, -0.2) is 7.85 Å². The van der Waals surface area contributed by atoms with Gasteiger partial charge in [-0.25, -0.2) is 0 Å². The summed E-state index contributed by atoms with van der Waals surface area (Å²) in [6.07, 6.45) is 1.11. The average molecular weight is 180 g/mol. The molecule has 0 saturated carbocycles. The molecule has 0 saturated heterocycles. The molecular formula is C12H25B. The van der Waals surface area contributed by atoms with Crippen molar-refractivity contribution in [3.05, 3.63) is 0 Å². The SMILES string of the molecule is [B]C(CC(C)(C)C(C)C)C(C)(C)C. The molecule has 76 valence electrons. The van der Waals surface area contributed by atoms with E-state index < -0.39 is 0 Å². The summed E-state index contributed by atoms with van der Waals surface area (Å²) in [6, 6.07) is 0. The fraction of sp³-hybridized carbons (Fsp3) is 1.00. The van der Waals surface area contributed by atoms with E-state index in [1.807, 2.05) is 0 Å². The lowest BCUT2D eigenvalue weighted by molar-refractivity contribution is 0.190. The first kappa shape index (κ1) is 13.1. The summed E-state index contributed by atoms with van der Waals surface area (Å²) >= 11 is 0. The highest BCUT2D eigenvalue weighted by Crippen LogP contribution is 2.41. The van der Waals surface area contributed by atoms with E-state index in [-0.39, 0.29) is 5.41 Å². The fourth-order valence-corrected chi connectivity index (χ4v) is 1.11. The number of hydrogen-bond donors (Lipinski definition) is 0. The minimum absolute atomic E-state index is 0.228. The van der Waals surface area contributed by atoms with Crippen molar-refractivity contribution in [3.8, 4) is 0 Å². The Morgan fingerprint density at radius 2 is 1.38 bits per heavy atom. The van der Waals surface area contributed by atoms with E-state index in [1.54, 1.807) is 0 Å². The lowest BCUT2D eigenvalue weighted by atomic mass is 9.60. The molecule has 1 atom stereocenters. The Morgan fingerprint density at radius 3 is 1.62 bits per heavy atom. The van der Waals surface area contributed by atoms with Gasteiger partial charge in [-0.1, -0.05) is 60.7 Å². The summed E-state index contributed by atoms with van der Waals surface area (Å²) in [5.74, 6) is 0.991. The molecule has 0 heterocycles. The quantitative estimate of drug-likeness (QED) is 0.574. The molecule has 0 aliphatic heterocycles. The van der Waals surface area contributed by atoms with Crippen molar-refractivity contribution in [2.24, 2.45) is 16.7 Å². The van der Waals surface area contributed by atoms with Gasteiger partial charge in [-0.3, -0.25) is 0 Å². The zero-order chi connectivity index (χ0) is 10.9. The second kappa shape index (κ2) is 4.06. The standard InChI is InChI=1S/C12H25B/c1-9(2)12(6,7)8-10(13)11(3,4)5/h9-10H,8H2,1-7H3. The summed E-state index contributed by atoms with van der Waals surface area (Å²) in [4.78, 5) is 0. The molecule has 0 rings (SSSR count). The van der Waals surface area contributed by atoms with Crippen LogP contribution in [0.2, 0.25) is 5.82 Å². The van der Waals surface area contributed by atoms with Crippen LogP contribution in [0.3, 0.4) is 0 Å². The Morgan fingerprint density at radius 1 is 1.00 bits per heavy atom. The molecule has 0 spiro atoms. The van der Waals surface area contributed by atoms with Crippen LogP contribution < -0.4 is 0 Å². The van der Waals surface area contributed by atoms with Gasteiger partial charge < -0.3 is 0 Å². The fourth-order valence-electron chi connectivity index (χ4n) is 1.11. The number of hydrogen-bond acceptors (Lipinski definition) is 0. The van der Waals surface area contributed by atoms with Gasteiger partial charge in [0.2, 0.25) is 0 Å². The molecule has 1 unspecified atom stereocenters. The predicted octanol–water partition coefficient (Wildman–Crippen LogP) is 4.06. The van der Waals surface area contributed by atoms with Crippen LogP contribution in [0.25, 0.3) is 0 Å². The molecule has 0 aliphatic carbocycles. The third-order valence-electron chi connectivity index (χ3n) is 3.42. The minimum Gasteiger partial charge on any atom is -0.0721 e. The van der Waals surface area contributed by atoms with Crippen molar-refractivity contribution in [3.63, 3.8) is 0 Å². The second-order valence-corrected chi connectivity index (χ2v) is 6.32. The minimum atomic E-state index is 0.228. The molecule has 0 fully saturated rings. The molecule has 0 aromatic carbocycles. The van der Waals surface area contributed by atoms with Gasteiger partial charge >= 0.3 is 0 Å². The molecule has 0 amide bonds. The predicted molar refractivity (Wildman–Crippen MR) is 62.2 cm³/mol. The second-order valence-electron chi connectivity index (χ2n) is 6.32. The van der Waals surface area contributed by atoms with Crippen LogP contribution in [0.1, 0.15) is 54.9 Å². The van der Waals surface area contributed by atoms with Gasteiger partial charge in [0.1, 0.15) is 0 Å². The smallest absolute Gasteiger partial charge is 0.0706 e. The Kier molecular flexibility index (Phi) is 4.08. The van der Waals surface area contributed by atoms with E-state index in [0.29, 0.717) is 17.2 Å². The van der Waals surface area contributed by atoms with Crippen molar-refractivity contribution in [2.75, 3.05) is 0 Å². The molecule has 1 heteroatoms. The van der Waals surface area contributed by atoms with E-state index in [1.165, 1.54) is 0 Å². The highest BCUT2D eigenvalue weighted by molar-refractivity contribution is 6.12. The van der Waals surface area contributed by atoms with Crippen molar-refractivity contribution < 1.29 is 0 Å². The van der Waals surface area contributed by atoms with Crippen LogP contribution in [0.15, 0.2) is 0 Å². The van der Waals surface area contributed by atoms with Gasteiger partial charge in [-0.2, -0.15) is 0 Å². The summed E-state index contributed by atoms with van der Waals surface area (Å²) < 4.78 is 0. The van der Waals surface area contributed by atoms with Crippen LogP contribution >= 0.6 is 0 Å². The molecule has 13 heavy (non-hydrogen) atoms. The molecule has 0 N–H and O–H groups in total. The summed E-state index contributed by atoms with van der Waals surface area (Å²) in [7, 11) is 6.17. The molecule has 0 aliphatic rings. The van der Waals surface area contributed by atoms with E-state index in [2.05, 4.69) is 48.5 Å². The van der Waals surface area contributed by atoms with Crippen molar-refractivity contribution in [1.82, 2.24) is 0 Å². The zero-order valence-corrected chi connectivity index (χ0v) is 10.4. The van der Waals surface area contributed by atoms with Crippen molar-refractivity contribution in [1.29, 1.82) is 0 Å². The van der Waals surface area contributed by atoms with Crippen LogP contribution in [0, 0.1) is 16.7 Å². The maximum absolute atomic E-state index is 6.17. The molecule has 2 radical (unpaired) electrons. The first-order valence-corrected chi connectivity index (χ1v) is 5.33. The van der Waals surface area contributed by atoms with Crippen LogP contribution in [-0.2, 0) is 0 Å². The Labute approximate surface area is 85.9 Å². The normalized spacial score (nSPS) is 16.3. The van der Waals surface area contributed by atoms with Crippen LogP contribution in [0.5, 0.6) is 0 Å². The van der Waals surface area contributed by atoms with Crippen molar-refractivity contribution >= 4 is 7.85 Å².